The molecule has 26 aromatic rings. The summed E-state index contributed by atoms with van der Waals surface area (Å²) in [5, 5.41) is 7.44. The van der Waals surface area contributed by atoms with Crippen LogP contribution in [0, 0.1) is 0 Å². The first-order valence-electron chi connectivity index (χ1n) is 49.2. The monoisotopic (exact) mass is 1840 g/mol. The summed E-state index contributed by atoms with van der Waals surface area (Å²) in [6, 6.07) is 213. The first kappa shape index (κ1) is 87.6. The van der Waals surface area contributed by atoms with Crippen molar-refractivity contribution in [1.29, 1.82) is 0 Å². The molecule has 0 saturated heterocycles. The van der Waals surface area contributed by atoms with Crippen molar-refractivity contribution in [3.63, 3.8) is 0 Å². The second kappa shape index (κ2) is 39.8. The van der Waals surface area contributed by atoms with Crippen LogP contribution >= 0.6 is 0 Å². The number of benzene rings is 23. The van der Waals surface area contributed by atoms with Crippen molar-refractivity contribution in [2.75, 3.05) is 14.7 Å². The fourth-order valence-electron chi connectivity index (χ4n) is 20.5. The lowest BCUT2D eigenvalue weighted by molar-refractivity contribution is 1.18. The summed E-state index contributed by atoms with van der Waals surface area (Å²) in [5.74, 6) is 0. The van der Waals surface area contributed by atoms with Crippen LogP contribution in [-0.2, 0) is 0 Å². The lowest BCUT2D eigenvalue weighted by atomic mass is 9.97. The molecule has 0 aliphatic carbocycles. The SMILES string of the molecule is c1ccc(-c2ccc(-c3ccc(-c4ccc5c(c4)c4ccc(N(c6ccccc6)c6ccccc6)cc4n5-c4ccccc4)cc3)cc2)cc1.c1ccc(-c2ccc(-c3ccc(-n4c5ccccc5c5ccc(N(c6ccccc6)c6ccc(-c7ccccc7)cc6)cc54)cc3)cc2)cc1.c1ccc(-c2ccc(-c3ccc(N(c4ccccc4)c4ccc5c6ccccc6n(-c6ccccc6)c5c4)cc3)cc2)cc1. The molecule has 23 aromatic carbocycles. The number of anilines is 9. The van der Waals surface area contributed by atoms with Crippen molar-refractivity contribution in [3.8, 4) is 106 Å². The van der Waals surface area contributed by atoms with Crippen LogP contribution in [0.1, 0.15) is 0 Å². The number of hydrogen-bond donors (Lipinski definition) is 0. The van der Waals surface area contributed by atoms with Gasteiger partial charge in [-0.15, -0.1) is 0 Å². The van der Waals surface area contributed by atoms with Gasteiger partial charge in [0.05, 0.1) is 33.1 Å². The maximum Gasteiger partial charge on any atom is 0.0561 e. The number of fused-ring (bicyclic) bond motifs is 9. The van der Waals surface area contributed by atoms with Gasteiger partial charge >= 0.3 is 0 Å². The molecule has 6 heteroatoms. The molecule has 0 saturated carbocycles. The van der Waals surface area contributed by atoms with Crippen LogP contribution in [0.4, 0.5) is 51.2 Å². The van der Waals surface area contributed by atoms with Crippen LogP contribution in [0.25, 0.3) is 171 Å². The second-order valence-electron chi connectivity index (χ2n) is 36.3. The Morgan fingerprint density at radius 1 is 0.0972 bits per heavy atom. The highest BCUT2D eigenvalue weighted by atomic mass is 15.2. The van der Waals surface area contributed by atoms with E-state index < -0.39 is 0 Å². The summed E-state index contributed by atoms with van der Waals surface area (Å²) in [6.45, 7) is 0. The minimum Gasteiger partial charge on any atom is -0.310 e. The van der Waals surface area contributed by atoms with Gasteiger partial charge in [-0.25, -0.2) is 0 Å². The quantitative estimate of drug-likeness (QED) is 0.0760. The number of nitrogens with zero attached hydrogens (tertiary/aromatic N) is 6. The Balaban J connectivity index is 0.000000117. The Morgan fingerprint density at radius 3 is 0.549 bits per heavy atom. The number of para-hydroxylation sites is 8. The van der Waals surface area contributed by atoms with Gasteiger partial charge in [0.1, 0.15) is 0 Å². The van der Waals surface area contributed by atoms with Gasteiger partial charge in [-0.3, -0.25) is 0 Å². The minimum absolute atomic E-state index is 1.11. The summed E-state index contributed by atoms with van der Waals surface area (Å²) in [7, 11) is 0. The maximum atomic E-state index is 2.40. The van der Waals surface area contributed by atoms with Gasteiger partial charge in [-0.2, -0.15) is 0 Å². The number of hydrogen-bond acceptors (Lipinski definition) is 3. The van der Waals surface area contributed by atoms with E-state index in [1.165, 1.54) is 154 Å². The van der Waals surface area contributed by atoms with Crippen LogP contribution in [0.2, 0.25) is 0 Å². The first-order valence-corrected chi connectivity index (χ1v) is 49.2. The molecular formula is C138H98N6. The zero-order chi connectivity index (χ0) is 95.9. The largest absolute Gasteiger partial charge is 0.310 e. The predicted molar refractivity (Wildman–Crippen MR) is 610 cm³/mol. The molecule has 0 bridgehead atoms. The Labute approximate surface area is 839 Å². The van der Waals surface area contributed by atoms with Crippen molar-refractivity contribution in [2.24, 2.45) is 0 Å². The van der Waals surface area contributed by atoms with Crippen molar-refractivity contribution >= 4 is 117 Å². The molecule has 0 N–H and O–H groups in total. The van der Waals surface area contributed by atoms with Gasteiger partial charge in [0.15, 0.2) is 0 Å². The zero-order valence-corrected chi connectivity index (χ0v) is 79.3. The second-order valence-corrected chi connectivity index (χ2v) is 36.3. The van der Waals surface area contributed by atoms with Crippen molar-refractivity contribution in [1.82, 2.24) is 13.7 Å². The molecule has 0 atom stereocenters. The van der Waals surface area contributed by atoms with Gasteiger partial charge in [0, 0.05) is 101 Å². The lowest BCUT2D eigenvalue weighted by Crippen LogP contribution is -2.10. The van der Waals surface area contributed by atoms with Crippen LogP contribution < -0.4 is 14.7 Å². The van der Waals surface area contributed by atoms with Crippen LogP contribution in [0.3, 0.4) is 0 Å². The Kier molecular flexibility index (Phi) is 24.2. The van der Waals surface area contributed by atoms with Crippen LogP contribution in [0.5, 0.6) is 0 Å². The smallest absolute Gasteiger partial charge is 0.0561 e. The highest BCUT2D eigenvalue weighted by Gasteiger charge is 2.24. The fourth-order valence-corrected chi connectivity index (χ4v) is 20.5. The van der Waals surface area contributed by atoms with Crippen LogP contribution in [0.15, 0.2) is 595 Å². The van der Waals surface area contributed by atoms with E-state index in [1.54, 1.807) is 0 Å². The fraction of sp³-hybridized carbons (Fsp3) is 0. The lowest BCUT2D eigenvalue weighted by Gasteiger charge is -2.26. The highest BCUT2D eigenvalue weighted by molar-refractivity contribution is 6.14. The molecular weight excluding hydrogens is 1740 g/mol. The van der Waals surface area contributed by atoms with Gasteiger partial charge in [-0.05, 0) is 259 Å². The molecule has 26 rings (SSSR count). The third kappa shape index (κ3) is 17.7. The van der Waals surface area contributed by atoms with Gasteiger partial charge in [0.2, 0.25) is 0 Å². The molecule has 3 aromatic heterocycles. The summed E-state index contributed by atoms with van der Waals surface area (Å²) in [4.78, 5) is 7.02. The average Bonchev–Trinajstić information content (AvgIpc) is 1.59. The molecule has 6 nitrogen and oxygen atoms in total. The van der Waals surface area contributed by atoms with Gasteiger partial charge in [0.25, 0.3) is 0 Å². The van der Waals surface area contributed by atoms with Gasteiger partial charge < -0.3 is 28.4 Å². The van der Waals surface area contributed by atoms with E-state index >= 15 is 0 Å². The molecule has 0 unspecified atom stereocenters. The van der Waals surface area contributed by atoms with E-state index in [0.29, 0.717) is 0 Å². The van der Waals surface area contributed by atoms with E-state index in [2.05, 4.69) is 623 Å². The summed E-state index contributed by atoms with van der Waals surface area (Å²) >= 11 is 0. The molecule has 0 radical (unpaired) electrons. The summed E-state index contributed by atoms with van der Waals surface area (Å²) < 4.78 is 7.17. The molecule has 144 heavy (non-hydrogen) atoms. The third-order valence-electron chi connectivity index (χ3n) is 27.6. The van der Waals surface area contributed by atoms with E-state index in [-0.39, 0.29) is 0 Å². The highest BCUT2D eigenvalue weighted by Crippen LogP contribution is 2.47. The van der Waals surface area contributed by atoms with E-state index in [0.717, 1.165) is 68.2 Å². The van der Waals surface area contributed by atoms with Crippen LogP contribution in [-0.4, -0.2) is 13.7 Å². The molecule has 0 fully saturated rings. The number of aromatic nitrogens is 3. The zero-order valence-electron chi connectivity index (χ0n) is 79.3. The van der Waals surface area contributed by atoms with E-state index in [4.69, 9.17) is 0 Å². The Morgan fingerprint density at radius 2 is 0.271 bits per heavy atom. The van der Waals surface area contributed by atoms with Crippen molar-refractivity contribution in [3.05, 3.63) is 595 Å². The number of rotatable bonds is 20. The van der Waals surface area contributed by atoms with E-state index in [9.17, 15) is 0 Å². The van der Waals surface area contributed by atoms with E-state index in [1.807, 2.05) is 0 Å². The molecule has 680 valence electrons. The molecule has 0 spiro atoms. The topological polar surface area (TPSA) is 24.5 Å². The van der Waals surface area contributed by atoms with Gasteiger partial charge in [-0.1, -0.05) is 425 Å². The molecule has 0 aliphatic rings. The standard InChI is InChI=1S/2C48H34N2.C42H30N2/c1-5-13-35(14-6-1)36-21-23-37(24-22-36)38-25-27-39(28-26-38)40-29-32-47-46(33-40)45-31-30-44(34-48(45)50(47)43-19-11-4-12-20-43)49(41-15-7-2-8-16-41)42-17-9-3-10-18-42;1-4-12-35(13-5-1)37-20-22-38(23-21-37)40-26-30-43(31-27-40)50-47-19-11-10-18-45(47)46-33-32-44(34-48(46)50)49(41-16-8-3-9-17-41)42-28-24-39(25-29-42)36-14-6-2-7-15-36;1-4-12-31(13-5-1)32-20-22-33(23-21-32)34-24-26-37(27-25-34)43(35-14-6-2-7-15-35)38-28-29-40-39-18-10-11-19-41(39)44(42(40)30-38)36-16-8-3-9-17-36/h2*1-34H;1-30H. The predicted octanol–water partition coefficient (Wildman–Crippen LogP) is 38.1. The summed E-state index contributed by atoms with van der Waals surface area (Å²) in [5.41, 5.74) is 40.0. The van der Waals surface area contributed by atoms with Crippen molar-refractivity contribution < 1.29 is 0 Å². The molecule has 0 amide bonds. The Hall–Kier alpha value is -19.1. The minimum atomic E-state index is 1.11. The molecule has 0 aliphatic heterocycles. The first-order chi connectivity index (χ1) is 71.4. The Bertz CT molecular complexity index is 8880. The van der Waals surface area contributed by atoms with Crippen molar-refractivity contribution in [2.45, 2.75) is 0 Å². The summed E-state index contributed by atoms with van der Waals surface area (Å²) in [6.07, 6.45) is 0. The molecule has 3 heterocycles. The maximum absolute atomic E-state index is 2.40. The average molecular weight is 1840 g/mol. The third-order valence-corrected chi connectivity index (χ3v) is 27.6. The normalized spacial score (nSPS) is 11.2.